The Hall–Kier alpha value is -1.91. The maximum Gasteiger partial charge on any atom is 0.417 e. The molecule has 9 nitrogen and oxygen atoms in total. The molecule has 0 spiro atoms. The molecule has 1 aromatic heterocycles. The van der Waals surface area contributed by atoms with E-state index in [0.717, 1.165) is 4.90 Å². The van der Waals surface area contributed by atoms with Crippen LogP contribution in [-0.2, 0) is 30.2 Å². The van der Waals surface area contributed by atoms with Crippen molar-refractivity contribution in [2.24, 2.45) is 5.92 Å². The minimum Gasteiger partial charge on any atom is -0.461 e. The Bertz CT molecular complexity index is 834. The van der Waals surface area contributed by atoms with E-state index in [1.165, 1.54) is 14.0 Å². The van der Waals surface area contributed by atoms with Gasteiger partial charge in [0.1, 0.15) is 17.1 Å². The largest absolute Gasteiger partial charge is 0.461 e. The van der Waals surface area contributed by atoms with Gasteiger partial charge in [0.05, 0.1) is 10.5 Å². The first-order chi connectivity index (χ1) is 14.9. The lowest BCUT2D eigenvalue weighted by molar-refractivity contribution is -0.165. The lowest BCUT2D eigenvalue weighted by Gasteiger charge is -2.33. The molecule has 0 aliphatic carbocycles. The van der Waals surface area contributed by atoms with Crippen LogP contribution in [0.4, 0.5) is 4.79 Å². The second-order valence-corrected chi connectivity index (χ2v) is 9.51. The molecule has 1 fully saturated rings. The van der Waals surface area contributed by atoms with E-state index in [9.17, 15) is 14.4 Å². The van der Waals surface area contributed by atoms with Crippen LogP contribution in [0.1, 0.15) is 65.1 Å². The Morgan fingerprint density at radius 2 is 1.97 bits per heavy atom. The van der Waals surface area contributed by atoms with Gasteiger partial charge in [-0.15, -0.1) is 0 Å². The number of furan rings is 1. The molecule has 0 aromatic carbocycles. The summed E-state index contributed by atoms with van der Waals surface area (Å²) in [6.07, 6.45) is -1.47. The summed E-state index contributed by atoms with van der Waals surface area (Å²) in [5, 5.41) is 9.00. The lowest BCUT2D eigenvalue weighted by Crippen LogP contribution is -2.52. The first-order valence-corrected chi connectivity index (χ1v) is 11.4. The predicted molar refractivity (Wildman–Crippen MR) is 118 cm³/mol. The van der Waals surface area contributed by atoms with Crippen molar-refractivity contribution in [3.8, 4) is 0 Å². The third kappa shape index (κ3) is 5.71. The summed E-state index contributed by atoms with van der Waals surface area (Å²) in [6, 6.07) is 1.09. The number of aliphatic hydroxyl groups excluding tert-OH is 1. The number of methoxy groups -OCH3 is 1. The van der Waals surface area contributed by atoms with Crippen molar-refractivity contribution in [3.05, 3.63) is 22.1 Å². The van der Waals surface area contributed by atoms with Crippen LogP contribution in [0.3, 0.4) is 0 Å². The summed E-state index contributed by atoms with van der Waals surface area (Å²) >= 11 is 3.42. The molecule has 2 amide bonds. The zero-order valence-electron chi connectivity index (χ0n) is 19.3. The van der Waals surface area contributed by atoms with Crippen LogP contribution in [-0.4, -0.2) is 59.4 Å². The van der Waals surface area contributed by atoms with E-state index in [2.05, 4.69) is 15.9 Å². The van der Waals surface area contributed by atoms with Gasteiger partial charge in [0, 0.05) is 27.1 Å². The second kappa shape index (κ2) is 10.8. The molecular weight excluding hydrogens is 486 g/mol. The summed E-state index contributed by atoms with van der Waals surface area (Å²) in [5.74, 6) is -0.596. The molecule has 0 bridgehead atoms. The van der Waals surface area contributed by atoms with Crippen molar-refractivity contribution in [1.29, 1.82) is 0 Å². The van der Waals surface area contributed by atoms with Gasteiger partial charge >= 0.3 is 12.1 Å². The fraction of sp³-hybridized carbons (Fsp3) is 0.682. The van der Waals surface area contributed by atoms with Gasteiger partial charge in [0.15, 0.2) is 12.2 Å². The molecule has 1 saturated heterocycles. The van der Waals surface area contributed by atoms with Gasteiger partial charge < -0.3 is 23.7 Å². The number of carbonyl (C=O) groups is 3. The summed E-state index contributed by atoms with van der Waals surface area (Å²) in [5.41, 5.74) is -0.885. The minimum absolute atomic E-state index is 0.0702. The maximum atomic E-state index is 13.5. The number of rotatable bonds is 10. The standard InChI is InChI=1S/C22H32BrNO8/c1-12(2)19-22(4,5)32-21(28)24(19)20(27)18(29-6)17(30-13(3)26)16-11-14(23)15(31-16)9-7-8-10-25/h11-12,17-19,25H,7-10H2,1-6H3/t17-,18+,19+/m1/s1. The molecule has 1 aromatic rings. The number of esters is 1. The van der Waals surface area contributed by atoms with Crippen LogP contribution < -0.4 is 0 Å². The molecule has 0 radical (unpaired) electrons. The van der Waals surface area contributed by atoms with Crippen molar-refractivity contribution in [2.75, 3.05) is 13.7 Å². The number of imide groups is 1. The number of carbonyl (C=O) groups excluding carboxylic acids is 3. The Morgan fingerprint density at radius 3 is 2.50 bits per heavy atom. The Kier molecular flexibility index (Phi) is 8.90. The quantitative estimate of drug-likeness (QED) is 0.368. The smallest absolute Gasteiger partial charge is 0.417 e. The molecule has 3 atom stereocenters. The topological polar surface area (TPSA) is 116 Å². The molecule has 32 heavy (non-hydrogen) atoms. The Labute approximate surface area is 196 Å². The number of ether oxygens (including phenoxy) is 3. The van der Waals surface area contributed by atoms with Crippen molar-refractivity contribution >= 4 is 33.9 Å². The lowest BCUT2D eigenvalue weighted by atomic mass is 9.88. The number of nitrogens with zero attached hydrogens (tertiary/aromatic N) is 1. The zero-order chi connectivity index (χ0) is 24.2. The highest BCUT2D eigenvalue weighted by Crippen LogP contribution is 2.37. The summed E-state index contributed by atoms with van der Waals surface area (Å²) in [7, 11) is 1.30. The number of hydrogen-bond donors (Lipinski definition) is 1. The van der Waals surface area contributed by atoms with Gasteiger partial charge in [0.25, 0.3) is 5.91 Å². The molecular formula is C22H32BrNO8. The summed E-state index contributed by atoms with van der Waals surface area (Å²) in [6.45, 7) is 8.56. The fourth-order valence-electron chi connectivity index (χ4n) is 4.16. The maximum absolute atomic E-state index is 13.5. The third-order valence-electron chi connectivity index (χ3n) is 5.34. The molecule has 0 unspecified atom stereocenters. The van der Waals surface area contributed by atoms with Crippen LogP contribution in [0.25, 0.3) is 0 Å². The molecule has 1 N–H and O–H groups in total. The van der Waals surface area contributed by atoms with E-state index >= 15 is 0 Å². The van der Waals surface area contributed by atoms with E-state index in [0.29, 0.717) is 29.5 Å². The van der Waals surface area contributed by atoms with E-state index < -0.39 is 41.8 Å². The SMILES string of the molecule is CO[C@H](C(=O)N1C(=O)OC(C)(C)[C@@H]1C(C)C)[C@H](OC(C)=O)c1cc(Br)c(CCCCO)o1. The molecule has 2 heterocycles. The number of hydrogen-bond acceptors (Lipinski definition) is 8. The summed E-state index contributed by atoms with van der Waals surface area (Å²) < 4.78 is 22.9. The molecule has 10 heteroatoms. The molecule has 1 aliphatic rings. The number of amides is 2. The average Bonchev–Trinajstić information content (AvgIpc) is 3.16. The monoisotopic (exact) mass is 517 g/mol. The van der Waals surface area contributed by atoms with Gasteiger partial charge in [-0.25, -0.2) is 9.69 Å². The zero-order valence-corrected chi connectivity index (χ0v) is 20.9. The first kappa shape index (κ1) is 26.3. The number of halogens is 1. The first-order valence-electron chi connectivity index (χ1n) is 10.6. The van der Waals surface area contributed by atoms with Gasteiger partial charge in [-0.1, -0.05) is 13.8 Å². The number of aryl methyl sites for hydroxylation is 1. The number of aliphatic hydroxyl groups is 1. The summed E-state index contributed by atoms with van der Waals surface area (Å²) in [4.78, 5) is 39.0. The van der Waals surface area contributed by atoms with E-state index in [-0.39, 0.29) is 18.3 Å². The van der Waals surface area contributed by atoms with E-state index in [1.54, 1.807) is 19.9 Å². The van der Waals surface area contributed by atoms with Crippen LogP contribution >= 0.6 is 15.9 Å². The highest BCUT2D eigenvalue weighted by molar-refractivity contribution is 9.10. The van der Waals surface area contributed by atoms with E-state index in [4.69, 9.17) is 23.7 Å². The normalized spacial score (nSPS) is 19.7. The van der Waals surface area contributed by atoms with Crippen LogP contribution in [0, 0.1) is 5.92 Å². The van der Waals surface area contributed by atoms with Gasteiger partial charge in [-0.05, 0) is 54.6 Å². The highest BCUT2D eigenvalue weighted by Gasteiger charge is 2.54. The van der Waals surface area contributed by atoms with Crippen LogP contribution in [0.15, 0.2) is 15.0 Å². The Balaban J connectivity index is 2.41. The molecule has 180 valence electrons. The van der Waals surface area contributed by atoms with Gasteiger partial charge in [0.2, 0.25) is 0 Å². The Morgan fingerprint density at radius 1 is 1.31 bits per heavy atom. The van der Waals surface area contributed by atoms with Crippen molar-refractivity contribution in [2.45, 2.75) is 77.7 Å². The van der Waals surface area contributed by atoms with Crippen molar-refractivity contribution < 1.29 is 38.1 Å². The van der Waals surface area contributed by atoms with Crippen molar-refractivity contribution in [1.82, 2.24) is 4.90 Å². The van der Waals surface area contributed by atoms with Gasteiger partial charge in [-0.3, -0.25) is 9.59 Å². The fourth-order valence-corrected chi connectivity index (χ4v) is 4.66. The number of unbranched alkanes of at least 4 members (excludes halogenated alkanes) is 1. The number of cyclic esters (lactones) is 1. The van der Waals surface area contributed by atoms with Gasteiger partial charge in [-0.2, -0.15) is 0 Å². The third-order valence-corrected chi connectivity index (χ3v) is 6.01. The molecule has 0 saturated carbocycles. The second-order valence-electron chi connectivity index (χ2n) is 8.66. The molecule has 1 aliphatic heterocycles. The van der Waals surface area contributed by atoms with Crippen molar-refractivity contribution in [3.63, 3.8) is 0 Å². The van der Waals surface area contributed by atoms with Crippen LogP contribution in [0.5, 0.6) is 0 Å². The minimum atomic E-state index is -1.33. The van der Waals surface area contributed by atoms with Crippen LogP contribution in [0.2, 0.25) is 0 Å². The van der Waals surface area contributed by atoms with E-state index in [1.807, 2.05) is 13.8 Å². The highest BCUT2D eigenvalue weighted by atomic mass is 79.9. The average molecular weight is 518 g/mol. The predicted octanol–water partition coefficient (Wildman–Crippen LogP) is 3.76. The molecule has 2 rings (SSSR count).